The molecule has 6 nitrogen and oxygen atoms in total. The lowest BCUT2D eigenvalue weighted by Gasteiger charge is -2.23. The van der Waals surface area contributed by atoms with Crippen molar-refractivity contribution < 1.29 is 18.6 Å². The molecule has 0 saturated carbocycles. The van der Waals surface area contributed by atoms with Crippen LogP contribution < -0.4 is 15.2 Å². The number of anilines is 1. The van der Waals surface area contributed by atoms with Crippen molar-refractivity contribution in [3.63, 3.8) is 0 Å². The van der Waals surface area contributed by atoms with Crippen LogP contribution in [0.25, 0.3) is 33.6 Å². The second-order valence-corrected chi connectivity index (χ2v) is 7.65. The zero-order chi connectivity index (χ0) is 20.3. The van der Waals surface area contributed by atoms with Gasteiger partial charge in [-0.3, -0.25) is 0 Å². The van der Waals surface area contributed by atoms with Crippen molar-refractivity contribution >= 4 is 16.9 Å². The van der Waals surface area contributed by atoms with Gasteiger partial charge in [0.25, 0.3) is 0 Å². The molecule has 0 spiro atoms. The molecule has 3 heterocycles. The number of rotatable bonds is 5. The topological polar surface area (TPSA) is 69.6 Å². The van der Waals surface area contributed by atoms with E-state index in [-0.39, 0.29) is 0 Å². The Labute approximate surface area is 175 Å². The first-order valence-electron chi connectivity index (χ1n) is 10.4. The molecule has 1 saturated heterocycles. The number of hydrogen-bond donors (Lipinski definition) is 2. The molecule has 2 aromatic heterocycles. The summed E-state index contributed by atoms with van der Waals surface area (Å²) >= 11 is 0. The maximum Gasteiger partial charge on any atom is 0.310 e. The fourth-order valence-corrected chi connectivity index (χ4v) is 4.12. The van der Waals surface area contributed by atoms with E-state index in [2.05, 4.69) is 29.2 Å². The normalized spacial score (nSPS) is 14.9. The van der Waals surface area contributed by atoms with E-state index in [0.717, 1.165) is 67.2 Å². The van der Waals surface area contributed by atoms with Gasteiger partial charge in [-0.2, -0.15) is 0 Å². The number of ether oxygens (including phenoxy) is 1. The van der Waals surface area contributed by atoms with Crippen molar-refractivity contribution in [2.75, 3.05) is 38.6 Å². The van der Waals surface area contributed by atoms with Crippen LogP contribution in [0.5, 0.6) is 0 Å². The number of hydrogen-bond acceptors (Lipinski definition) is 4. The van der Waals surface area contributed by atoms with Crippen molar-refractivity contribution in [3.8, 4) is 22.5 Å². The Morgan fingerprint density at radius 3 is 2.30 bits per heavy atom. The molecule has 0 radical (unpaired) electrons. The van der Waals surface area contributed by atoms with Crippen molar-refractivity contribution in [2.24, 2.45) is 0 Å². The summed E-state index contributed by atoms with van der Waals surface area (Å²) < 4.78 is 13.8. The van der Waals surface area contributed by atoms with Crippen LogP contribution in [0.1, 0.15) is 0 Å². The highest BCUT2D eigenvalue weighted by molar-refractivity contribution is 6.04. The van der Waals surface area contributed by atoms with E-state index >= 15 is 0 Å². The molecular formula is C24H26N4O2+2. The van der Waals surface area contributed by atoms with Gasteiger partial charge in [0.2, 0.25) is 12.1 Å². The van der Waals surface area contributed by atoms with Crippen LogP contribution in [0.2, 0.25) is 0 Å². The second-order valence-electron chi connectivity index (χ2n) is 7.65. The molecule has 30 heavy (non-hydrogen) atoms. The fraction of sp³-hybridized carbons (Fsp3) is 0.250. The first kappa shape index (κ1) is 18.8. The summed E-state index contributed by atoms with van der Waals surface area (Å²) in [4.78, 5) is 6.16. The molecule has 152 valence electrons. The van der Waals surface area contributed by atoms with Crippen molar-refractivity contribution in [1.29, 1.82) is 0 Å². The lowest BCUT2D eigenvalue weighted by atomic mass is 9.99. The Balaban J connectivity index is 1.61. The second kappa shape index (κ2) is 8.26. The summed E-state index contributed by atoms with van der Waals surface area (Å²) in [6, 6.07) is 20.4. The van der Waals surface area contributed by atoms with Crippen LogP contribution in [0.3, 0.4) is 0 Å². The summed E-state index contributed by atoms with van der Waals surface area (Å²) in [6.45, 7) is 5.53. The number of benzene rings is 2. The molecule has 0 aliphatic carbocycles. The third-order valence-electron chi connectivity index (χ3n) is 5.77. The van der Waals surface area contributed by atoms with Gasteiger partial charge in [-0.1, -0.05) is 65.6 Å². The summed E-state index contributed by atoms with van der Waals surface area (Å²) in [5, 5.41) is 0.875. The van der Waals surface area contributed by atoms with Crippen LogP contribution in [-0.2, 0) is 11.3 Å². The van der Waals surface area contributed by atoms with E-state index in [9.17, 15) is 0 Å². The number of quaternary nitrogens is 1. The summed E-state index contributed by atoms with van der Waals surface area (Å²) in [5.74, 6) is 1.49. The molecular weight excluding hydrogens is 376 g/mol. The summed E-state index contributed by atoms with van der Waals surface area (Å²) in [5.41, 5.74) is 10.3. The van der Waals surface area contributed by atoms with Gasteiger partial charge in [0.05, 0.1) is 13.2 Å². The number of aromatic nitrogens is 2. The maximum atomic E-state index is 6.69. The molecule has 6 heteroatoms. The van der Waals surface area contributed by atoms with Gasteiger partial charge in [-0.15, -0.1) is 0 Å². The van der Waals surface area contributed by atoms with Crippen LogP contribution in [0.15, 0.2) is 71.4 Å². The Morgan fingerprint density at radius 2 is 1.60 bits per heavy atom. The predicted molar refractivity (Wildman–Crippen MR) is 116 cm³/mol. The summed E-state index contributed by atoms with van der Waals surface area (Å²) in [6.07, 6.45) is 1.80. The Hall–Kier alpha value is -3.22. The number of nitrogens with one attached hydrogen (secondary N) is 1. The van der Waals surface area contributed by atoms with Gasteiger partial charge < -0.3 is 19.8 Å². The third kappa shape index (κ3) is 3.56. The van der Waals surface area contributed by atoms with Crippen LogP contribution in [-0.4, -0.2) is 37.8 Å². The number of nitrogen functional groups attached to an aromatic ring is 1. The number of nitrogens with two attached hydrogens (primary N) is 1. The monoisotopic (exact) mass is 402 g/mol. The van der Waals surface area contributed by atoms with E-state index in [0.29, 0.717) is 11.5 Å². The smallest absolute Gasteiger partial charge is 0.310 e. The Bertz CT molecular complexity index is 1140. The highest BCUT2D eigenvalue weighted by Crippen LogP contribution is 2.41. The number of fused-ring (bicyclic) bond motifs is 1. The average molecular weight is 402 g/mol. The number of furan rings is 1. The molecule has 3 N–H and O–H groups in total. The van der Waals surface area contributed by atoms with Gasteiger partial charge in [0, 0.05) is 11.1 Å². The van der Waals surface area contributed by atoms with Gasteiger partial charge in [-0.25, -0.2) is 4.57 Å². The van der Waals surface area contributed by atoms with Gasteiger partial charge in [0.1, 0.15) is 37.3 Å². The SMILES string of the molecule is Nc1c2c(-c3ccccc3)c(-c3ccccc3)oc2nc[n+]1CC[NH+]1CCOCC1. The van der Waals surface area contributed by atoms with E-state index in [1.54, 1.807) is 6.33 Å². The molecule has 0 amide bonds. The van der Waals surface area contributed by atoms with E-state index in [1.807, 2.05) is 41.0 Å². The minimum Gasteiger partial charge on any atom is -0.425 e. The standard InChI is InChI=1S/C24H24N4O2/c25-23-21-20(18-7-3-1-4-8-18)22(19-9-5-2-6-10-19)30-24(21)26-17-28(23)12-11-27-13-15-29-16-14-27/h1-10,17,25H,11-16H2/p+2. The quantitative estimate of drug-likeness (QED) is 0.501. The van der Waals surface area contributed by atoms with Crippen molar-refractivity contribution in [1.82, 2.24) is 4.98 Å². The zero-order valence-corrected chi connectivity index (χ0v) is 16.9. The zero-order valence-electron chi connectivity index (χ0n) is 16.9. The molecule has 4 aromatic rings. The van der Waals surface area contributed by atoms with E-state index in [1.165, 1.54) is 4.90 Å². The van der Waals surface area contributed by atoms with E-state index < -0.39 is 0 Å². The molecule has 0 atom stereocenters. The number of morpholine rings is 1. The third-order valence-corrected chi connectivity index (χ3v) is 5.77. The van der Waals surface area contributed by atoms with Gasteiger partial charge in [0.15, 0.2) is 0 Å². The largest absolute Gasteiger partial charge is 0.425 e. The van der Waals surface area contributed by atoms with Crippen molar-refractivity contribution in [2.45, 2.75) is 6.54 Å². The van der Waals surface area contributed by atoms with E-state index in [4.69, 9.17) is 14.9 Å². The van der Waals surface area contributed by atoms with Gasteiger partial charge in [-0.05, 0) is 5.56 Å². The molecule has 1 aliphatic heterocycles. The first-order chi connectivity index (χ1) is 14.8. The van der Waals surface area contributed by atoms with Crippen LogP contribution in [0, 0.1) is 0 Å². The van der Waals surface area contributed by atoms with Gasteiger partial charge >= 0.3 is 5.71 Å². The molecule has 0 bridgehead atoms. The number of nitrogens with zero attached hydrogens (tertiary/aromatic N) is 2. The predicted octanol–water partition coefficient (Wildman–Crippen LogP) is 1.95. The minimum atomic E-state index is 0.570. The Kier molecular flexibility index (Phi) is 5.17. The lowest BCUT2D eigenvalue weighted by molar-refractivity contribution is -0.925. The van der Waals surface area contributed by atoms with Crippen LogP contribution in [0.4, 0.5) is 5.82 Å². The van der Waals surface area contributed by atoms with Crippen LogP contribution >= 0.6 is 0 Å². The molecule has 0 unspecified atom stereocenters. The first-order valence-corrected chi connectivity index (χ1v) is 10.4. The highest BCUT2D eigenvalue weighted by Gasteiger charge is 2.26. The highest BCUT2D eigenvalue weighted by atomic mass is 16.5. The maximum absolute atomic E-state index is 6.69. The molecule has 1 aliphatic rings. The molecule has 1 fully saturated rings. The summed E-state index contributed by atoms with van der Waals surface area (Å²) in [7, 11) is 0. The molecule has 2 aromatic carbocycles. The fourth-order valence-electron chi connectivity index (χ4n) is 4.12. The lowest BCUT2D eigenvalue weighted by Crippen LogP contribution is -3.14. The molecule has 5 rings (SSSR count). The minimum absolute atomic E-state index is 0.570. The van der Waals surface area contributed by atoms with Crippen molar-refractivity contribution in [3.05, 3.63) is 67.0 Å². The Morgan fingerprint density at radius 1 is 0.933 bits per heavy atom. The average Bonchev–Trinajstić information content (AvgIpc) is 3.21.